The predicted octanol–water partition coefficient (Wildman–Crippen LogP) is 8.60. The van der Waals surface area contributed by atoms with Crippen molar-refractivity contribution in [3.8, 4) is 0 Å². The third-order valence-electron chi connectivity index (χ3n) is 9.52. The Morgan fingerprint density at radius 1 is 0.982 bits per heavy atom. The van der Waals surface area contributed by atoms with Gasteiger partial charge in [0.25, 0.3) is 0 Å². The van der Waals surface area contributed by atoms with Gasteiger partial charge in [-0.1, -0.05) is 68.8 Å². The summed E-state index contributed by atoms with van der Waals surface area (Å²) in [7, 11) is 1.22. The average molecular weight is 785 g/mol. The molecule has 2 aliphatic rings. The Morgan fingerprint density at radius 2 is 1.55 bits per heavy atom. The van der Waals surface area contributed by atoms with E-state index in [-0.39, 0.29) is 46.7 Å². The largest absolute Gasteiger partial charge is 0.453 e. The molecule has 3 atom stereocenters. The molecular formula is C43H62ClFN4O6. The van der Waals surface area contributed by atoms with E-state index in [0.29, 0.717) is 22.7 Å². The van der Waals surface area contributed by atoms with Crippen molar-refractivity contribution in [1.82, 2.24) is 5.32 Å². The highest BCUT2D eigenvalue weighted by molar-refractivity contribution is 6.30. The molecule has 1 unspecified atom stereocenters. The second kappa shape index (κ2) is 24.2. The summed E-state index contributed by atoms with van der Waals surface area (Å²) in [4.78, 5) is 41.8. The van der Waals surface area contributed by atoms with Gasteiger partial charge >= 0.3 is 6.09 Å². The number of para-hydroxylation sites is 1. The minimum atomic E-state index is -0.745. The van der Waals surface area contributed by atoms with E-state index in [4.69, 9.17) is 25.9 Å². The molecule has 0 spiro atoms. The first-order valence-electron chi connectivity index (χ1n) is 18.7. The van der Waals surface area contributed by atoms with Crippen molar-refractivity contribution in [2.45, 2.75) is 97.3 Å². The average Bonchev–Trinajstić information content (AvgIpc) is 3.17. The quantitative estimate of drug-likeness (QED) is 0.196. The van der Waals surface area contributed by atoms with Crippen LogP contribution in [-0.4, -0.2) is 69.6 Å². The molecule has 0 bridgehead atoms. The van der Waals surface area contributed by atoms with E-state index in [0.717, 1.165) is 44.5 Å². The lowest BCUT2D eigenvalue weighted by molar-refractivity contribution is -0.177. The fourth-order valence-corrected chi connectivity index (χ4v) is 7.83. The lowest BCUT2D eigenvalue weighted by Crippen LogP contribution is -2.51. The monoisotopic (exact) mass is 784 g/mol. The first-order valence-corrected chi connectivity index (χ1v) is 19.0. The highest BCUT2D eigenvalue weighted by atomic mass is 35.5. The summed E-state index contributed by atoms with van der Waals surface area (Å²) in [6, 6.07) is 23.5. The number of nitrogens with two attached hydrogens (primary N) is 1. The van der Waals surface area contributed by atoms with Crippen molar-refractivity contribution < 1.29 is 33.0 Å². The number of piperazine rings is 1. The number of halogens is 2. The van der Waals surface area contributed by atoms with Crippen LogP contribution >= 0.6 is 11.6 Å². The molecule has 2 saturated heterocycles. The zero-order chi connectivity index (χ0) is 41.8. The Morgan fingerprint density at radius 3 is 2.09 bits per heavy atom. The molecule has 5 rings (SSSR count). The van der Waals surface area contributed by atoms with Crippen molar-refractivity contribution in [3.63, 3.8) is 0 Å². The number of hydrogen-bond donors (Lipinski definition) is 3. The van der Waals surface area contributed by atoms with Gasteiger partial charge in [0, 0.05) is 53.6 Å². The first kappa shape index (κ1) is 48.7. The maximum absolute atomic E-state index is 15.4. The number of primary amides is 1. The van der Waals surface area contributed by atoms with Crippen molar-refractivity contribution in [2.24, 2.45) is 17.6 Å². The van der Waals surface area contributed by atoms with E-state index < -0.39 is 6.09 Å². The van der Waals surface area contributed by atoms with Gasteiger partial charge in [-0.25, -0.2) is 9.18 Å². The standard InChI is InChI=1S/C37H47ClFN3O2.C2H5NO2.C2H6.2CH2O/c1-25(34(26-14-16-28(38)17-15-26)27-22-36(2,3)44-37(4,5)23-27)35(43)41-33-13-9-12-32(39)31(33)19-18-30-24-40-20-21-42(30)29-10-7-6-8-11-29;1-5-2(3)4;3*1-2/h6-17,25,27,30,34,40H,18-24H2,1-5H3,(H,41,43);1H3,(H2,3,4);1-2H3;2*1H2/t25-,30-,34?;;;;/m0..../s1. The number of benzene rings is 3. The summed E-state index contributed by atoms with van der Waals surface area (Å²) in [5, 5.41) is 7.32. The number of amides is 2. The molecule has 3 aromatic carbocycles. The van der Waals surface area contributed by atoms with Crippen LogP contribution in [0.2, 0.25) is 5.02 Å². The molecule has 2 heterocycles. The predicted molar refractivity (Wildman–Crippen MR) is 221 cm³/mol. The third-order valence-corrected chi connectivity index (χ3v) is 9.77. The zero-order valence-corrected chi connectivity index (χ0v) is 34.6. The van der Waals surface area contributed by atoms with Crippen LogP contribution in [0.5, 0.6) is 0 Å². The van der Waals surface area contributed by atoms with Gasteiger partial charge < -0.3 is 40.3 Å². The Hall–Kier alpha value is -4.32. The van der Waals surface area contributed by atoms with Crippen LogP contribution in [0, 0.1) is 17.7 Å². The third kappa shape index (κ3) is 15.4. The Bertz CT molecular complexity index is 1560. The highest BCUT2D eigenvalue weighted by Gasteiger charge is 2.45. The fraction of sp³-hybridized carbons (Fsp3) is 0.488. The normalized spacial score (nSPS) is 18.0. The zero-order valence-electron chi connectivity index (χ0n) is 33.8. The van der Waals surface area contributed by atoms with Gasteiger partial charge in [-0.3, -0.25) is 4.79 Å². The molecule has 2 aliphatic heterocycles. The van der Waals surface area contributed by atoms with Crippen molar-refractivity contribution in [3.05, 3.63) is 94.8 Å². The van der Waals surface area contributed by atoms with Crippen LogP contribution in [-0.2, 0) is 30.3 Å². The van der Waals surface area contributed by atoms with Gasteiger partial charge in [-0.05, 0) is 107 Å². The van der Waals surface area contributed by atoms with E-state index in [2.05, 4.69) is 78.0 Å². The number of hydrogen-bond acceptors (Lipinski definition) is 8. The fourth-order valence-electron chi connectivity index (χ4n) is 7.70. The molecule has 2 fully saturated rings. The summed E-state index contributed by atoms with van der Waals surface area (Å²) >= 11 is 6.26. The Balaban J connectivity index is 0.00000124. The number of carbonyl (C=O) groups is 4. The second-order valence-electron chi connectivity index (χ2n) is 14.4. The topological polar surface area (TPSA) is 140 Å². The van der Waals surface area contributed by atoms with Crippen LogP contribution in [0.1, 0.15) is 84.8 Å². The van der Waals surface area contributed by atoms with Crippen LogP contribution in [0.3, 0.4) is 0 Å². The van der Waals surface area contributed by atoms with Crippen LogP contribution in [0.4, 0.5) is 20.6 Å². The number of nitrogens with one attached hydrogen (secondary N) is 2. The molecule has 0 radical (unpaired) electrons. The van der Waals surface area contributed by atoms with Crippen LogP contribution < -0.4 is 21.3 Å². The molecular weight excluding hydrogens is 723 g/mol. The van der Waals surface area contributed by atoms with Gasteiger partial charge in [0.15, 0.2) is 0 Å². The van der Waals surface area contributed by atoms with E-state index in [1.165, 1.54) is 18.9 Å². The Kier molecular flexibility index (Phi) is 21.5. The number of anilines is 2. The molecule has 12 heteroatoms. The SMILES string of the molecule is C=O.C=O.CC.COC(N)=O.C[C@H](C(=O)Nc1cccc(F)c1CC[C@H]1CNCCN1c1ccccc1)C(c1ccc(Cl)cc1)C1CC(C)(C)OC(C)(C)C1. The molecule has 3 aromatic rings. The smallest absolute Gasteiger partial charge is 0.404 e. The van der Waals surface area contributed by atoms with Gasteiger partial charge in [0.05, 0.1) is 18.3 Å². The van der Waals surface area contributed by atoms with E-state index in [9.17, 15) is 9.59 Å². The molecule has 2 amide bonds. The summed E-state index contributed by atoms with van der Waals surface area (Å²) in [6.07, 6.45) is 2.21. The summed E-state index contributed by atoms with van der Waals surface area (Å²) < 4.78 is 25.7. The van der Waals surface area contributed by atoms with Crippen LogP contribution in [0.25, 0.3) is 0 Å². The van der Waals surface area contributed by atoms with Gasteiger partial charge in [-0.15, -0.1) is 0 Å². The number of ether oxygens (including phenoxy) is 2. The first-order chi connectivity index (χ1) is 26.2. The summed E-state index contributed by atoms with van der Waals surface area (Å²) in [5.41, 5.74) is 7.18. The van der Waals surface area contributed by atoms with E-state index in [1.54, 1.807) is 6.07 Å². The van der Waals surface area contributed by atoms with Gasteiger partial charge in [-0.2, -0.15) is 0 Å². The molecule has 304 valence electrons. The molecule has 10 nitrogen and oxygen atoms in total. The minimum Gasteiger partial charge on any atom is -0.453 e. The number of carbonyl (C=O) groups excluding carboxylic acids is 4. The maximum atomic E-state index is 15.4. The van der Waals surface area contributed by atoms with Gasteiger partial charge in [0.2, 0.25) is 5.91 Å². The van der Waals surface area contributed by atoms with Crippen molar-refractivity contribution in [1.29, 1.82) is 0 Å². The number of nitrogens with zero attached hydrogens (tertiary/aromatic N) is 1. The second-order valence-corrected chi connectivity index (χ2v) is 14.8. The van der Waals surface area contributed by atoms with E-state index >= 15 is 4.39 Å². The lowest BCUT2D eigenvalue weighted by atomic mass is 9.68. The number of methoxy groups -OCH3 is 1. The Labute approximate surface area is 332 Å². The lowest BCUT2D eigenvalue weighted by Gasteiger charge is -2.48. The minimum absolute atomic E-state index is 0.0560. The van der Waals surface area contributed by atoms with Crippen molar-refractivity contribution in [2.75, 3.05) is 37.0 Å². The molecule has 55 heavy (non-hydrogen) atoms. The highest BCUT2D eigenvalue weighted by Crippen LogP contribution is 2.47. The van der Waals surface area contributed by atoms with Crippen molar-refractivity contribution >= 4 is 48.6 Å². The molecule has 0 saturated carbocycles. The van der Waals surface area contributed by atoms with Gasteiger partial charge in [0.1, 0.15) is 19.4 Å². The molecule has 0 aromatic heterocycles. The van der Waals surface area contributed by atoms with E-state index in [1.807, 2.05) is 70.7 Å². The maximum Gasteiger partial charge on any atom is 0.404 e. The molecule has 0 aliphatic carbocycles. The summed E-state index contributed by atoms with van der Waals surface area (Å²) in [5.74, 6) is -0.597. The molecule has 4 N–H and O–H groups in total. The number of rotatable bonds is 9. The van der Waals surface area contributed by atoms with Crippen LogP contribution in [0.15, 0.2) is 72.8 Å². The summed E-state index contributed by atoms with van der Waals surface area (Å²) in [6.45, 7) is 21.2.